The van der Waals surface area contributed by atoms with Gasteiger partial charge in [-0.3, -0.25) is 14.4 Å². The zero-order valence-electron chi connectivity index (χ0n) is 15.5. The third-order valence-electron chi connectivity index (χ3n) is 4.63. The molecule has 2 atom stereocenters. The molecule has 28 heavy (non-hydrogen) atoms. The number of hydrogen-bond donors (Lipinski definition) is 3. The van der Waals surface area contributed by atoms with Crippen LogP contribution in [0.4, 0.5) is 11.4 Å². The second-order valence-corrected chi connectivity index (χ2v) is 6.71. The first-order valence-electron chi connectivity index (χ1n) is 9.10. The van der Waals surface area contributed by atoms with Crippen molar-refractivity contribution in [2.24, 2.45) is 0 Å². The van der Waals surface area contributed by atoms with E-state index in [2.05, 4.69) is 10.6 Å². The van der Waals surface area contributed by atoms with Gasteiger partial charge in [0, 0.05) is 23.5 Å². The number of carbonyl (C=O) groups excluding carboxylic acids is 2. The summed E-state index contributed by atoms with van der Waals surface area (Å²) in [5, 5.41) is 14.7. The van der Waals surface area contributed by atoms with Crippen LogP contribution in [0.1, 0.15) is 41.6 Å². The van der Waals surface area contributed by atoms with Crippen molar-refractivity contribution in [3.05, 3.63) is 59.7 Å². The molecule has 2 aromatic rings. The van der Waals surface area contributed by atoms with Crippen LogP contribution in [0.25, 0.3) is 0 Å². The lowest BCUT2D eigenvalue weighted by atomic mass is 10.0. The average Bonchev–Trinajstić information content (AvgIpc) is 3.22. The number of nitrogens with one attached hydrogen (secondary N) is 2. The fraction of sp³-hybridized carbons (Fsp3) is 0.286. The molecule has 1 heterocycles. The number of aliphatic carboxylic acids is 1. The highest BCUT2D eigenvalue weighted by atomic mass is 16.5. The predicted octanol–water partition coefficient (Wildman–Crippen LogP) is 3.24. The molecule has 3 N–H and O–H groups in total. The Morgan fingerprint density at radius 1 is 1.07 bits per heavy atom. The number of amides is 2. The maximum absolute atomic E-state index is 12.6. The first kappa shape index (κ1) is 19.6. The van der Waals surface area contributed by atoms with Gasteiger partial charge >= 0.3 is 5.97 Å². The molecule has 7 heteroatoms. The third kappa shape index (κ3) is 4.75. The molecule has 3 rings (SSSR count). The summed E-state index contributed by atoms with van der Waals surface area (Å²) in [6, 6.07) is 13.4. The van der Waals surface area contributed by atoms with Crippen LogP contribution in [0, 0.1) is 0 Å². The van der Waals surface area contributed by atoms with Crippen molar-refractivity contribution in [2.75, 3.05) is 17.2 Å². The number of rotatable bonds is 6. The zero-order valence-corrected chi connectivity index (χ0v) is 15.5. The summed E-state index contributed by atoms with van der Waals surface area (Å²) in [5.41, 5.74) is 2.00. The molecule has 0 aliphatic carbocycles. The van der Waals surface area contributed by atoms with E-state index in [1.807, 2.05) is 0 Å². The Labute approximate surface area is 162 Å². The van der Waals surface area contributed by atoms with Gasteiger partial charge in [-0.1, -0.05) is 18.2 Å². The Morgan fingerprint density at radius 3 is 2.46 bits per heavy atom. The molecule has 0 bridgehead atoms. The van der Waals surface area contributed by atoms with Gasteiger partial charge < -0.3 is 20.5 Å². The van der Waals surface area contributed by atoms with E-state index >= 15 is 0 Å². The number of benzene rings is 2. The topological polar surface area (TPSA) is 105 Å². The molecule has 1 aliphatic heterocycles. The summed E-state index contributed by atoms with van der Waals surface area (Å²) in [4.78, 5) is 35.9. The van der Waals surface area contributed by atoms with E-state index in [1.54, 1.807) is 55.5 Å². The summed E-state index contributed by atoms with van der Waals surface area (Å²) >= 11 is 0. The summed E-state index contributed by atoms with van der Waals surface area (Å²) in [6.07, 6.45) is 1.11. The van der Waals surface area contributed by atoms with Gasteiger partial charge in [-0.05, 0) is 55.7 Å². The van der Waals surface area contributed by atoms with E-state index in [0.29, 0.717) is 35.5 Å². The SMILES string of the molecule is CC(C(=O)O)c1cccc(NC(=O)c2cccc(NC(=O)C3CCCO3)c2)c1. The minimum Gasteiger partial charge on any atom is -0.481 e. The van der Waals surface area contributed by atoms with E-state index in [0.717, 1.165) is 6.42 Å². The number of ether oxygens (including phenoxy) is 1. The number of carboxylic acids is 1. The van der Waals surface area contributed by atoms with Crippen molar-refractivity contribution in [2.45, 2.75) is 31.8 Å². The fourth-order valence-corrected chi connectivity index (χ4v) is 2.98. The standard InChI is InChI=1S/C21H22N2O5/c1-13(21(26)27)14-5-2-7-16(11-14)22-19(24)15-6-3-8-17(12-15)23-20(25)18-9-4-10-28-18/h2-3,5-8,11-13,18H,4,9-10H2,1H3,(H,22,24)(H,23,25)(H,26,27). The zero-order chi connectivity index (χ0) is 20.1. The van der Waals surface area contributed by atoms with Crippen LogP contribution >= 0.6 is 0 Å². The minimum atomic E-state index is -0.932. The van der Waals surface area contributed by atoms with E-state index in [9.17, 15) is 14.4 Å². The Kier molecular flexibility index (Phi) is 6.06. The van der Waals surface area contributed by atoms with Crippen LogP contribution < -0.4 is 10.6 Å². The van der Waals surface area contributed by atoms with E-state index in [4.69, 9.17) is 9.84 Å². The average molecular weight is 382 g/mol. The monoisotopic (exact) mass is 382 g/mol. The summed E-state index contributed by atoms with van der Waals surface area (Å²) in [6.45, 7) is 2.17. The minimum absolute atomic E-state index is 0.217. The molecular weight excluding hydrogens is 360 g/mol. The molecule has 0 aromatic heterocycles. The highest BCUT2D eigenvalue weighted by Gasteiger charge is 2.23. The van der Waals surface area contributed by atoms with Gasteiger partial charge in [0.1, 0.15) is 6.10 Å². The largest absolute Gasteiger partial charge is 0.481 e. The molecular formula is C21H22N2O5. The Morgan fingerprint density at radius 2 is 1.79 bits per heavy atom. The molecule has 146 valence electrons. The van der Waals surface area contributed by atoms with Crippen LogP contribution in [0.5, 0.6) is 0 Å². The highest BCUT2D eigenvalue weighted by Crippen LogP contribution is 2.21. The van der Waals surface area contributed by atoms with E-state index in [1.165, 1.54) is 0 Å². The van der Waals surface area contributed by atoms with Crippen molar-refractivity contribution >= 4 is 29.2 Å². The first-order valence-corrected chi connectivity index (χ1v) is 9.10. The number of hydrogen-bond acceptors (Lipinski definition) is 4. The predicted molar refractivity (Wildman–Crippen MR) is 104 cm³/mol. The molecule has 0 radical (unpaired) electrons. The second-order valence-electron chi connectivity index (χ2n) is 6.71. The molecule has 2 aromatic carbocycles. The molecule has 7 nitrogen and oxygen atoms in total. The molecule has 1 fully saturated rings. The lowest BCUT2D eigenvalue weighted by Crippen LogP contribution is -2.27. The number of carboxylic acid groups (broad SMARTS) is 1. The van der Waals surface area contributed by atoms with Crippen molar-refractivity contribution in [1.29, 1.82) is 0 Å². The van der Waals surface area contributed by atoms with Gasteiger partial charge in [-0.15, -0.1) is 0 Å². The lowest BCUT2D eigenvalue weighted by molar-refractivity contribution is -0.138. The lowest BCUT2D eigenvalue weighted by Gasteiger charge is -2.12. The third-order valence-corrected chi connectivity index (χ3v) is 4.63. The van der Waals surface area contributed by atoms with Crippen LogP contribution in [0.3, 0.4) is 0 Å². The molecule has 0 spiro atoms. The second kappa shape index (κ2) is 8.67. The van der Waals surface area contributed by atoms with E-state index < -0.39 is 18.0 Å². The Hall–Kier alpha value is -3.19. The quantitative estimate of drug-likeness (QED) is 0.711. The molecule has 2 unspecified atom stereocenters. The van der Waals surface area contributed by atoms with Gasteiger partial charge in [0.2, 0.25) is 0 Å². The fourth-order valence-electron chi connectivity index (χ4n) is 2.98. The van der Waals surface area contributed by atoms with Gasteiger partial charge in [-0.2, -0.15) is 0 Å². The van der Waals surface area contributed by atoms with Crippen LogP contribution in [-0.4, -0.2) is 35.6 Å². The normalized spacial score (nSPS) is 17.0. The molecule has 1 aliphatic rings. The van der Waals surface area contributed by atoms with Gasteiger partial charge in [0.05, 0.1) is 5.92 Å². The molecule has 0 saturated carbocycles. The molecule has 2 amide bonds. The first-order chi connectivity index (χ1) is 13.4. The number of carbonyl (C=O) groups is 3. The summed E-state index contributed by atoms with van der Waals surface area (Å²) < 4.78 is 5.36. The Bertz CT molecular complexity index is 890. The highest BCUT2D eigenvalue weighted by molar-refractivity contribution is 6.05. The van der Waals surface area contributed by atoms with E-state index in [-0.39, 0.29) is 11.8 Å². The van der Waals surface area contributed by atoms with Crippen molar-refractivity contribution in [3.63, 3.8) is 0 Å². The number of anilines is 2. The van der Waals surface area contributed by atoms with Crippen molar-refractivity contribution in [1.82, 2.24) is 0 Å². The van der Waals surface area contributed by atoms with Gasteiger partial charge in [0.25, 0.3) is 11.8 Å². The van der Waals surface area contributed by atoms with Gasteiger partial charge in [0.15, 0.2) is 0 Å². The molecule has 1 saturated heterocycles. The Balaban J connectivity index is 1.68. The van der Waals surface area contributed by atoms with Gasteiger partial charge in [-0.25, -0.2) is 0 Å². The smallest absolute Gasteiger partial charge is 0.310 e. The van der Waals surface area contributed by atoms with Crippen LogP contribution in [-0.2, 0) is 14.3 Å². The maximum Gasteiger partial charge on any atom is 0.310 e. The van der Waals surface area contributed by atoms with Crippen LogP contribution in [0.15, 0.2) is 48.5 Å². The van der Waals surface area contributed by atoms with Crippen molar-refractivity contribution < 1.29 is 24.2 Å². The van der Waals surface area contributed by atoms with Crippen molar-refractivity contribution in [3.8, 4) is 0 Å². The maximum atomic E-state index is 12.6. The summed E-state index contributed by atoms with van der Waals surface area (Å²) in [5.74, 6) is -2.18. The summed E-state index contributed by atoms with van der Waals surface area (Å²) in [7, 11) is 0. The van der Waals surface area contributed by atoms with Crippen LogP contribution in [0.2, 0.25) is 0 Å².